The van der Waals surface area contributed by atoms with Gasteiger partial charge in [-0.25, -0.2) is 13.1 Å². The Bertz CT molecular complexity index is 529. The molecule has 0 saturated heterocycles. The molecule has 0 atom stereocenters. The monoisotopic (exact) mass is 351 g/mol. The minimum absolute atomic E-state index is 0.151. The zero-order valence-electron chi connectivity index (χ0n) is 9.83. The Balaban J connectivity index is 2.07. The third-order valence-corrected chi connectivity index (χ3v) is 5.64. The van der Waals surface area contributed by atoms with E-state index in [1.54, 1.807) is 18.2 Å². The Hall–Kier alpha value is -0.100. The molecule has 1 aromatic carbocycles. The average Bonchev–Trinajstić information content (AvgIpc) is 3.08. The summed E-state index contributed by atoms with van der Waals surface area (Å²) in [5.74, 6) is 0. The van der Waals surface area contributed by atoms with Crippen LogP contribution in [-0.2, 0) is 10.0 Å². The molecule has 0 unspecified atom stereocenters. The third-order valence-electron chi connectivity index (χ3n) is 3.35. The molecule has 0 aliphatic heterocycles. The highest BCUT2D eigenvalue weighted by Crippen LogP contribution is 2.48. The van der Waals surface area contributed by atoms with E-state index < -0.39 is 10.0 Å². The van der Waals surface area contributed by atoms with E-state index in [-0.39, 0.29) is 15.3 Å². The van der Waals surface area contributed by atoms with Crippen molar-refractivity contribution in [3.63, 3.8) is 0 Å². The molecule has 100 valence electrons. The molecule has 1 aliphatic rings. The van der Waals surface area contributed by atoms with E-state index in [2.05, 4.69) is 20.7 Å². The second-order valence-electron chi connectivity index (χ2n) is 4.69. The van der Waals surface area contributed by atoms with Gasteiger partial charge in [0.25, 0.3) is 0 Å². The fourth-order valence-electron chi connectivity index (χ4n) is 1.88. The van der Waals surface area contributed by atoms with Crippen LogP contribution in [-0.4, -0.2) is 20.3 Å². The molecule has 18 heavy (non-hydrogen) atoms. The second kappa shape index (κ2) is 5.49. The zero-order valence-corrected chi connectivity index (χ0v) is 13.0. The Morgan fingerprint density at radius 1 is 1.33 bits per heavy atom. The molecule has 1 aromatic rings. The SMILES string of the molecule is O=S(=O)(NCC1(CCBr)CC1)c1ccccc1Cl. The van der Waals surface area contributed by atoms with Gasteiger partial charge in [-0.2, -0.15) is 0 Å². The number of sulfonamides is 1. The van der Waals surface area contributed by atoms with Crippen molar-refractivity contribution in [3.05, 3.63) is 29.3 Å². The molecule has 1 saturated carbocycles. The highest BCUT2D eigenvalue weighted by molar-refractivity contribution is 9.09. The van der Waals surface area contributed by atoms with E-state index in [0.717, 1.165) is 24.6 Å². The number of hydrogen-bond donors (Lipinski definition) is 1. The molecule has 0 spiro atoms. The predicted octanol–water partition coefficient (Wildman–Crippen LogP) is 3.18. The Morgan fingerprint density at radius 3 is 2.56 bits per heavy atom. The normalized spacial score (nSPS) is 17.7. The summed E-state index contributed by atoms with van der Waals surface area (Å²) in [6.07, 6.45) is 3.17. The Kier molecular flexibility index (Phi) is 4.36. The summed E-state index contributed by atoms with van der Waals surface area (Å²) in [6.45, 7) is 0.492. The predicted molar refractivity (Wildman–Crippen MR) is 76.7 cm³/mol. The third kappa shape index (κ3) is 3.26. The quantitative estimate of drug-likeness (QED) is 0.799. The van der Waals surface area contributed by atoms with Gasteiger partial charge in [0.15, 0.2) is 0 Å². The van der Waals surface area contributed by atoms with E-state index in [9.17, 15) is 8.42 Å². The van der Waals surface area contributed by atoms with Crippen LogP contribution in [0.4, 0.5) is 0 Å². The van der Waals surface area contributed by atoms with Gasteiger partial charge in [0.2, 0.25) is 10.0 Å². The second-order valence-corrected chi connectivity index (χ2v) is 7.63. The number of nitrogens with one attached hydrogen (secondary N) is 1. The number of rotatable bonds is 6. The van der Waals surface area contributed by atoms with Gasteiger partial charge >= 0.3 is 0 Å². The van der Waals surface area contributed by atoms with Crippen molar-refractivity contribution in [2.24, 2.45) is 5.41 Å². The lowest BCUT2D eigenvalue weighted by Gasteiger charge is -2.15. The number of halogens is 2. The maximum absolute atomic E-state index is 12.1. The van der Waals surface area contributed by atoms with Gasteiger partial charge in [-0.3, -0.25) is 0 Å². The van der Waals surface area contributed by atoms with Crippen LogP contribution < -0.4 is 4.72 Å². The number of alkyl halides is 1. The van der Waals surface area contributed by atoms with Gasteiger partial charge in [-0.15, -0.1) is 0 Å². The van der Waals surface area contributed by atoms with Crippen LogP contribution in [0.2, 0.25) is 5.02 Å². The lowest BCUT2D eigenvalue weighted by atomic mass is 10.1. The summed E-state index contributed by atoms with van der Waals surface area (Å²) in [5, 5.41) is 1.16. The van der Waals surface area contributed by atoms with Crippen LogP contribution in [0.25, 0.3) is 0 Å². The van der Waals surface area contributed by atoms with Crippen LogP contribution in [0.3, 0.4) is 0 Å². The van der Waals surface area contributed by atoms with Gasteiger partial charge in [-0.1, -0.05) is 39.7 Å². The molecule has 6 heteroatoms. The van der Waals surface area contributed by atoms with E-state index >= 15 is 0 Å². The molecule has 3 nitrogen and oxygen atoms in total. The lowest BCUT2D eigenvalue weighted by molar-refractivity contribution is 0.480. The maximum Gasteiger partial charge on any atom is 0.242 e. The molecular formula is C12H15BrClNO2S. The van der Waals surface area contributed by atoms with Crippen molar-refractivity contribution in [2.45, 2.75) is 24.2 Å². The van der Waals surface area contributed by atoms with Gasteiger partial charge < -0.3 is 0 Å². The minimum atomic E-state index is -3.50. The first-order valence-electron chi connectivity index (χ1n) is 5.79. The van der Waals surface area contributed by atoms with Crippen LogP contribution in [0.1, 0.15) is 19.3 Å². The molecule has 2 rings (SSSR count). The first-order chi connectivity index (χ1) is 8.49. The molecule has 0 radical (unpaired) electrons. The van der Waals surface area contributed by atoms with Gasteiger partial charge in [0.05, 0.1) is 5.02 Å². The summed E-state index contributed by atoms with van der Waals surface area (Å²) in [5.41, 5.74) is 0.151. The number of hydrogen-bond acceptors (Lipinski definition) is 2. The molecule has 1 N–H and O–H groups in total. The fraction of sp³-hybridized carbons (Fsp3) is 0.500. The largest absolute Gasteiger partial charge is 0.242 e. The highest BCUT2D eigenvalue weighted by atomic mass is 79.9. The molecule has 1 aliphatic carbocycles. The van der Waals surface area contributed by atoms with Crippen LogP contribution >= 0.6 is 27.5 Å². The summed E-state index contributed by atoms with van der Waals surface area (Å²) >= 11 is 9.31. The van der Waals surface area contributed by atoms with Crippen molar-refractivity contribution in [1.29, 1.82) is 0 Å². The molecule has 0 amide bonds. The molecular weight excluding hydrogens is 338 g/mol. The van der Waals surface area contributed by atoms with Crippen molar-refractivity contribution in [2.75, 3.05) is 11.9 Å². The standard InChI is InChI=1S/C12H15BrClNO2S/c13-8-7-12(5-6-12)9-15-18(16,17)11-4-2-1-3-10(11)14/h1-4,15H,5-9H2. The smallest absolute Gasteiger partial charge is 0.211 e. The summed E-state index contributed by atoms with van der Waals surface area (Å²) in [6, 6.07) is 6.50. The topological polar surface area (TPSA) is 46.2 Å². The average molecular weight is 353 g/mol. The van der Waals surface area contributed by atoms with Crippen molar-refractivity contribution >= 4 is 37.6 Å². The van der Waals surface area contributed by atoms with Gasteiger partial charge in [0.1, 0.15) is 4.90 Å². The van der Waals surface area contributed by atoms with E-state index in [0.29, 0.717) is 6.54 Å². The Labute approximate surface area is 121 Å². The molecule has 1 fully saturated rings. The minimum Gasteiger partial charge on any atom is -0.211 e. The van der Waals surface area contributed by atoms with Crippen LogP contribution in [0.5, 0.6) is 0 Å². The van der Waals surface area contributed by atoms with Crippen molar-refractivity contribution in [1.82, 2.24) is 4.72 Å². The first kappa shape index (κ1) is 14.3. The lowest BCUT2D eigenvalue weighted by Crippen LogP contribution is -2.30. The first-order valence-corrected chi connectivity index (χ1v) is 8.78. The summed E-state index contributed by atoms with van der Waals surface area (Å²) < 4.78 is 26.9. The van der Waals surface area contributed by atoms with Crippen LogP contribution in [0, 0.1) is 5.41 Å². The molecule has 0 heterocycles. The van der Waals surface area contributed by atoms with Crippen molar-refractivity contribution in [3.8, 4) is 0 Å². The van der Waals surface area contributed by atoms with E-state index in [1.807, 2.05) is 0 Å². The van der Waals surface area contributed by atoms with Gasteiger partial charge in [0, 0.05) is 11.9 Å². The summed E-state index contributed by atoms with van der Waals surface area (Å²) in [4.78, 5) is 0.154. The molecule has 0 aromatic heterocycles. The van der Waals surface area contributed by atoms with E-state index in [1.165, 1.54) is 6.07 Å². The van der Waals surface area contributed by atoms with Crippen LogP contribution in [0.15, 0.2) is 29.2 Å². The number of benzene rings is 1. The fourth-order valence-corrected chi connectivity index (χ4v) is 4.40. The van der Waals surface area contributed by atoms with Gasteiger partial charge in [-0.05, 0) is 36.8 Å². The summed E-state index contributed by atoms with van der Waals surface area (Å²) in [7, 11) is -3.50. The highest BCUT2D eigenvalue weighted by Gasteiger charge is 2.42. The van der Waals surface area contributed by atoms with Crippen molar-refractivity contribution < 1.29 is 8.42 Å². The molecule has 0 bridgehead atoms. The van der Waals surface area contributed by atoms with E-state index in [4.69, 9.17) is 11.6 Å². The zero-order chi connectivity index (χ0) is 13.2. The Morgan fingerprint density at radius 2 is 2.00 bits per heavy atom. The maximum atomic E-state index is 12.1.